The van der Waals surface area contributed by atoms with Crippen LogP contribution in [0.15, 0.2) is 34.9 Å². The summed E-state index contributed by atoms with van der Waals surface area (Å²) >= 11 is 3.42. The molecular weight excluding hydrogens is 318 g/mol. The molecule has 0 radical (unpaired) electrons. The van der Waals surface area contributed by atoms with Crippen LogP contribution in [0.5, 0.6) is 11.6 Å². The van der Waals surface area contributed by atoms with E-state index in [-0.39, 0.29) is 0 Å². The lowest BCUT2D eigenvalue weighted by molar-refractivity contribution is 0.453. The fourth-order valence-electron chi connectivity index (χ4n) is 1.74. The summed E-state index contributed by atoms with van der Waals surface area (Å²) in [5, 5.41) is 3.15. The van der Waals surface area contributed by atoms with Gasteiger partial charge < -0.3 is 10.1 Å². The van der Waals surface area contributed by atoms with E-state index in [1.165, 1.54) is 0 Å². The summed E-state index contributed by atoms with van der Waals surface area (Å²) in [4.78, 5) is 8.60. The quantitative estimate of drug-likeness (QED) is 0.848. The van der Waals surface area contributed by atoms with Crippen molar-refractivity contribution < 1.29 is 4.74 Å². The SMILES string of the molecule is CCCNc1ncc(Br)c(Oc2ccccc2CC)n1. The van der Waals surface area contributed by atoms with Gasteiger partial charge in [0, 0.05) is 6.54 Å². The van der Waals surface area contributed by atoms with Gasteiger partial charge in [-0.3, -0.25) is 0 Å². The zero-order valence-corrected chi connectivity index (χ0v) is 13.3. The van der Waals surface area contributed by atoms with Gasteiger partial charge in [-0.15, -0.1) is 0 Å². The highest BCUT2D eigenvalue weighted by atomic mass is 79.9. The van der Waals surface area contributed by atoms with E-state index in [0.29, 0.717) is 11.8 Å². The summed E-state index contributed by atoms with van der Waals surface area (Å²) in [5.41, 5.74) is 1.15. The first-order valence-corrected chi connectivity index (χ1v) is 7.56. The maximum Gasteiger partial charge on any atom is 0.238 e. The Morgan fingerprint density at radius 3 is 2.80 bits per heavy atom. The molecule has 20 heavy (non-hydrogen) atoms. The molecule has 0 saturated carbocycles. The topological polar surface area (TPSA) is 47.0 Å². The number of para-hydroxylation sites is 1. The second-order valence-electron chi connectivity index (χ2n) is 4.34. The molecule has 1 N–H and O–H groups in total. The van der Waals surface area contributed by atoms with Crippen molar-refractivity contribution in [2.75, 3.05) is 11.9 Å². The number of rotatable bonds is 6. The molecule has 2 aromatic rings. The Kier molecular flexibility index (Phi) is 5.35. The number of aryl methyl sites for hydroxylation is 1. The van der Waals surface area contributed by atoms with Gasteiger partial charge in [0.05, 0.1) is 10.7 Å². The Hall–Kier alpha value is -1.62. The molecule has 0 bridgehead atoms. The molecule has 0 amide bonds. The van der Waals surface area contributed by atoms with Gasteiger partial charge >= 0.3 is 0 Å². The van der Waals surface area contributed by atoms with Crippen molar-refractivity contribution in [3.8, 4) is 11.6 Å². The Balaban J connectivity index is 2.23. The van der Waals surface area contributed by atoms with Crippen molar-refractivity contribution in [3.05, 3.63) is 40.5 Å². The number of aromatic nitrogens is 2. The molecule has 5 heteroatoms. The molecule has 106 valence electrons. The van der Waals surface area contributed by atoms with Gasteiger partial charge in [-0.1, -0.05) is 32.0 Å². The smallest absolute Gasteiger partial charge is 0.238 e. The van der Waals surface area contributed by atoms with E-state index < -0.39 is 0 Å². The lowest BCUT2D eigenvalue weighted by Gasteiger charge is -2.11. The number of hydrogen-bond acceptors (Lipinski definition) is 4. The second kappa shape index (κ2) is 7.24. The molecule has 1 aromatic carbocycles. The molecule has 1 aromatic heterocycles. The van der Waals surface area contributed by atoms with Crippen LogP contribution in [0.1, 0.15) is 25.8 Å². The first kappa shape index (κ1) is 14.8. The summed E-state index contributed by atoms with van der Waals surface area (Å²) in [5.74, 6) is 1.94. The summed E-state index contributed by atoms with van der Waals surface area (Å²) < 4.78 is 6.65. The summed E-state index contributed by atoms with van der Waals surface area (Å²) in [6.45, 7) is 5.04. The minimum Gasteiger partial charge on any atom is -0.437 e. The molecule has 0 aliphatic heterocycles. The molecule has 0 aliphatic carbocycles. The predicted molar refractivity (Wildman–Crippen MR) is 84.4 cm³/mol. The third kappa shape index (κ3) is 3.70. The number of anilines is 1. The number of benzene rings is 1. The van der Waals surface area contributed by atoms with E-state index in [1.807, 2.05) is 18.2 Å². The Bertz CT molecular complexity index is 575. The van der Waals surface area contributed by atoms with Crippen molar-refractivity contribution in [1.82, 2.24) is 9.97 Å². The molecule has 0 spiro atoms. The lowest BCUT2D eigenvalue weighted by atomic mass is 10.1. The Morgan fingerprint density at radius 1 is 1.25 bits per heavy atom. The summed E-state index contributed by atoms with van der Waals surface area (Å²) in [6, 6.07) is 7.97. The molecule has 0 aliphatic rings. The van der Waals surface area contributed by atoms with Crippen LogP contribution in [0.2, 0.25) is 0 Å². The normalized spacial score (nSPS) is 10.3. The van der Waals surface area contributed by atoms with Gasteiger partial charge in [-0.25, -0.2) is 4.98 Å². The fourth-order valence-corrected chi connectivity index (χ4v) is 2.02. The molecule has 1 heterocycles. The van der Waals surface area contributed by atoms with Crippen LogP contribution in [0.4, 0.5) is 5.95 Å². The van der Waals surface area contributed by atoms with E-state index in [1.54, 1.807) is 6.20 Å². The monoisotopic (exact) mass is 335 g/mol. The minimum atomic E-state index is 0.527. The molecule has 4 nitrogen and oxygen atoms in total. The van der Waals surface area contributed by atoms with Crippen molar-refractivity contribution >= 4 is 21.9 Å². The highest BCUT2D eigenvalue weighted by Crippen LogP contribution is 2.30. The van der Waals surface area contributed by atoms with Gasteiger partial charge in [0.2, 0.25) is 11.8 Å². The maximum atomic E-state index is 5.91. The molecule has 2 rings (SSSR count). The van der Waals surface area contributed by atoms with E-state index in [9.17, 15) is 0 Å². The van der Waals surface area contributed by atoms with Crippen LogP contribution in [-0.4, -0.2) is 16.5 Å². The third-order valence-electron chi connectivity index (χ3n) is 2.81. The number of ether oxygens (including phenoxy) is 1. The van der Waals surface area contributed by atoms with Crippen molar-refractivity contribution in [2.24, 2.45) is 0 Å². The molecule has 0 fully saturated rings. The minimum absolute atomic E-state index is 0.527. The lowest BCUT2D eigenvalue weighted by Crippen LogP contribution is -2.05. The van der Waals surface area contributed by atoms with Crippen LogP contribution in [0, 0.1) is 0 Å². The van der Waals surface area contributed by atoms with Crippen LogP contribution >= 0.6 is 15.9 Å². The first-order valence-electron chi connectivity index (χ1n) is 6.76. The van der Waals surface area contributed by atoms with Crippen molar-refractivity contribution in [1.29, 1.82) is 0 Å². The zero-order chi connectivity index (χ0) is 14.4. The molecule has 0 saturated heterocycles. The maximum absolute atomic E-state index is 5.91. The molecular formula is C15H18BrN3O. The van der Waals surface area contributed by atoms with Crippen LogP contribution in [0.25, 0.3) is 0 Å². The molecule has 0 atom stereocenters. The summed E-state index contributed by atoms with van der Waals surface area (Å²) in [6.07, 6.45) is 3.64. The van der Waals surface area contributed by atoms with Gasteiger partial charge in [-0.05, 0) is 40.4 Å². The number of halogens is 1. The largest absolute Gasteiger partial charge is 0.437 e. The van der Waals surface area contributed by atoms with Crippen LogP contribution in [-0.2, 0) is 6.42 Å². The fraction of sp³-hybridized carbons (Fsp3) is 0.333. The second-order valence-corrected chi connectivity index (χ2v) is 5.19. The van der Waals surface area contributed by atoms with Gasteiger partial charge in [-0.2, -0.15) is 4.98 Å². The Labute approximate surface area is 127 Å². The first-order chi connectivity index (χ1) is 9.74. The van der Waals surface area contributed by atoms with Gasteiger partial charge in [0.15, 0.2) is 0 Å². The number of nitrogens with zero attached hydrogens (tertiary/aromatic N) is 2. The van der Waals surface area contributed by atoms with Crippen LogP contribution < -0.4 is 10.1 Å². The average molecular weight is 336 g/mol. The molecule has 0 unspecified atom stereocenters. The highest BCUT2D eigenvalue weighted by molar-refractivity contribution is 9.10. The number of hydrogen-bond donors (Lipinski definition) is 1. The average Bonchev–Trinajstić information content (AvgIpc) is 2.48. The summed E-state index contributed by atoms with van der Waals surface area (Å²) in [7, 11) is 0. The van der Waals surface area contributed by atoms with E-state index in [2.05, 4.69) is 51.1 Å². The van der Waals surface area contributed by atoms with Crippen molar-refractivity contribution in [2.45, 2.75) is 26.7 Å². The number of nitrogens with one attached hydrogen (secondary N) is 1. The van der Waals surface area contributed by atoms with Gasteiger partial charge in [0.1, 0.15) is 5.75 Å². The zero-order valence-electron chi connectivity index (χ0n) is 11.7. The highest BCUT2D eigenvalue weighted by Gasteiger charge is 2.09. The van der Waals surface area contributed by atoms with Crippen LogP contribution in [0.3, 0.4) is 0 Å². The van der Waals surface area contributed by atoms with E-state index in [4.69, 9.17) is 4.74 Å². The van der Waals surface area contributed by atoms with Crippen molar-refractivity contribution in [3.63, 3.8) is 0 Å². The van der Waals surface area contributed by atoms with E-state index >= 15 is 0 Å². The third-order valence-corrected chi connectivity index (χ3v) is 3.35. The predicted octanol–water partition coefficient (Wildman–Crippen LogP) is 4.42. The van der Waals surface area contributed by atoms with Gasteiger partial charge in [0.25, 0.3) is 0 Å². The standard InChI is InChI=1S/C15H18BrN3O/c1-3-9-17-15-18-10-12(16)14(19-15)20-13-8-6-5-7-11(13)4-2/h5-8,10H,3-4,9H2,1-2H3,(H,17,18,19). The Morgan fingerprint density at radius 2 is 2.05 bits per heavy atom. The van der Waals surface area contributed by atoms with E-state index in [0.717, 1.165) is 35.2 Å².